The summed E-state index contributed by atoms with van der Waals surface area (Å²) in [5, 5.41) is 2.72. The first-order chi connectivity index (χ1) is 9.24. The Morgan fingerprint density at radius 3 is 2.55 bits per heavy atom. The molecule has 4 nitrogen and oxygen atoms in total. The zero-order valence-electron chi connectivity index (χ0n) is 13.0. The van der Waals surface area contributed by atoms with Gasteiger partial charge in [0.2, 0.25) is 11.8 Å². The van der Waals surface area contributed by atoms with Crippen LogP contribution >= 0.6 is 0 Å². The molecule has 2 atom stereocenters. The largest absolute Gasteiger partial charge is 0.345 e. The highest BCUT2D eigenvalue weighted by atomic mass is 16.2. The van der Waals surface area contributed by atoms with E-state index < -0.39 is 0 Å². The second-order valence-electron chi connectivity index (χ2n) is 6.83. The van der Waals surface area contributed by atoms with Crippen LogP contribution < -0.4 is 5.32 Å². The molecule has 1 saturated carbocycles. The lowest BCUT2D eigenvalue weighted by atomic mass is 9.91. The van der Waals surface area contributed by atoms with Crippen LogP contribution in [0.3, 0.4) is 0 Å². The number of nitrogens with one attached hydrogen (secondary N) is 1. The van der Waals surface area contributed by atoms with E-state index in [1.54, 1.807) is 0 Å². The van der Waals surface area contributed by atoms with E-state index in [-0.39, 0.29) is 35.7 Å². The van der Waals surface area contributed by atoms with E-state index in [9.17, 15) is 9.59 Å². The number of carbonyl (C=O) groups excluding carboxylic acids is 2. The number of hydrogen-bond donors (Lipinski definition) is 1. The quantitative estimate of drug-likeness (QED) is 0.797. The Morgan fingerprint density at radius 1 is 1.35 bits per heavy atom. The summed E-state index contributed by atoms with van der Waals surface area (Å²) in [5.74, 6) is 2.56. The summed E-state index contributed by atoms with van der Waals surface area (Å²) in [6.07, 6.45) is 8.12. The molecule has 2 amide bonds. The summed E-state index contributed by atoms with van der Waals surface area (Å²) in [6, 6.07) is 0.173. The van der Waals surface area contributed by atoms with Crippen molar-refractivity contribution in [1.82, 2.24) is 10.2 Å². The zero-order chi connectivity index (χ0) is 15.3. The highest BCUT2D eigenvalue weighted by molar-refractivity contribution is 5.80. The molecule has 112 valence electrons. The van der Waals surface area contributed by atoms with E-state index >= 15 is 0 Å². The second-order valence-corrected chi connectivity index (χ2v) is 6.83. The molecule has 0 saturated heterocycles. The van der Waals surface area contributed by atoms with Crippen LogP contribution in [0.15, 0.2) is 0 Å². The average molecular weight is 278 g/mol. The summed E-state index contributed by atoms with van der Waals surface area (Å²) in [4.78, 5) is 25.9. The minimum absolute atomic E-state index is 0.00643. The molecule has 1 fully saturated rings. The van der Waals surface area contributed by atoms with Gasteiger partial charge in [-0.15, -0.1) is 6.42 Å². The molecule has 0 spiro atoms. The summed E-state index contributed by atoms with van der Waals surface area (Å²) < 4.78 is 0. The maximum absolute atomic E-state index is 12.2. The smallest absolute Gasteiger partial charge is 0.223 e. The summed E-state index contributed by atoms with van der Waals surface area (Å²) in [7, 11) is 1.85. The lowest BCUT2D eigenvalue weighted by Gasteiger charge is -2.28. The van der Waals surface area contributed by atoms with Crippen molar-refractivity contribution in [3.05, 3.63) is 0 Å². The van der Waals surface area contributed by atoms with Gasteiger partial charge in [-0.1, -0.05) is 26.7 Å². The Kier molecular flexibility index (Phi) is 5.62. The fourth-order valence-electron chi connectivity index (χ4n) is 2.61. The fraction of sp³-hybridized carbons (Fsp3) is 0.750. The van der Waals surface area contributed by atoms with Gasteiger partial charge in [-0.2, -0.15) is 0 Å². The van der Waals surface area contributed by atoms with Crippen molar-refractivity contribution in [2.45, 2.75) is 52.5 Å². The zero-order valence-corrected chi connectivity index (χ0v) is 13.0. The minimum Gasteiger partial charge on any atom is -0.345 e. The van der Waals surface area contributed by atoms with Crippen LogP contribution in [0, 0.1) is 23.7 Å². The van der Waals surface area contributed by atoms with Crippen LogP contribution in [0.1, 0.15) is 46.5 Å². The Bertz CT molecular complexity index is 404. The van der Waals surface area contributed by atoms with Crippen LogP contribution in [0.25, 0.3) is 0 Å². The normalized spacial score (nSPS) is 22.1. The molecule has 1 rings (SSSR count). The third kappa shape index (κ3) is 4.88. The standard InChI is InChI=1S/C16H26N2O2/c1-6-9-17-15(20)12-7-8-13(10-12)18(5)14(19)11-16(2,3)4/h1,12-13H,7-11H2,2-5H3,(H,17,20). The Morgan fingerprint density at radius 2 is 2.00 bits per heavy atom. The van der Waals surface area contributed by atoms with Gasteiger partial charge in [0.15, 0.2) is 0 Å². The molecule has 4 heteroatoms. The number of nitrogens with zero attached hydrogens (tertiary/aromatic N) is 1. The van der Waals surface area contributed by atoms with E-state index in [4.69, 9.17) is 6.42 Å². The van der Waals surface area contributed by atoms with Gasteiger partial charge in [0.1, 0.15) is 0 Å². The second kappa shape index (κ2) is 6.78. The van der Waals surface area contributed by atoms with Crippen LogP contribution in [0.4, 0.5) is 0 Å². The number of hydrogen-bond acceptors (Lipinski definition) is 2. The predicted molar refractivity (Wildman–Crippen MR) is 79.8 cm³/mol. The molecule has 0 aliphatic heterocycles. The minimum atomic E-state index is -0.0155. The first-order valence-electron chi connectivity index (χ1n) is 7.21. The van der Waals surface area contributed by atoms with Crippen LogP contribution in [-0.2, 0) is 9.59 Å². The first kappa shape index (κ1) is 16.6. The SMILES string of the molecule is C#CCNC(=O)C1CCC(N(C)C(=O)CC(C)(C)C)C1. The summed E-state index contributed by atoms with van der Waals surface area (Å²) in [6.45, 7) is 6.45. The van der Waals surface area contributed by atoms with Crippen molar-refractivity contribution in [3.8, 4) is 12.3 Å². The predicted octanol–water partition coefficient (Wildman–Crippen LogP) is 1.80. The van der Waals surface area contributed by atoms with E-state index in [0.29, 0.717) is 6.42 Å². The molecule has 2 unspecified atom stereocenters. The van der Waals surface area contributed by atoms with Crippen molar-refractivity contribution in [2.75, 3.05) is 13.6 Å². The maximum atomic E-state index is 12.2. The van der Waals surface area contributed by atoms with Crippen molar-refractivity contribution >= 4 is 11.8 Å². The molecular formula is C16H26N2O2. The van der Waals surface area contributed by atoms with Gasteiger partial charge < -0.3 is 10.2 Å². The molecule has 0 heterocycles. The monoisotopic (exact) mass is 278 g/mol. The average Bonchev–Trinajstić information content (AvgIpc) is 2.82. The van der Waals surface area contributed by atoms with Gasteiger partial charge >= 0.3 is 0 Å². The fourth-order valence-corrected chi connectivity index (χ4v) is 2.61. The lowest BCUT2D eigenvalue weighted by Crippen LogP contribution is -2.38. The topological polar surface area (TPSA) is 49.4 Å². The first-order valence-corrected chi connectivity index (χ1v) is 7.21. The van der Waals surface area contributed by atoms with Crippen molar-refractivity contribution in [2.24, 2.45) is 11.3 Å². The lowest BCUT2D eigenvalue weighted by molar-refractivity contribution is -0.134. The van der Waals surface area contributed by atoms with Crippen LogP contribution in [0.2, 0.25) is 0 Å². The number of rotatable bonds is 4. The third-order valence-electron chi connectivity index (χ3n) is 3.76. The number of terminal acetylenes is 1. The summed E-state index contributed by atoms with van der Waals surface area (Å²) in [5.41, 5.74) is -0.00643. The van der Waals surface area contributed by atoms with Crippen molar-refractivity contribution in [1.29, 1.82) is 0 Å². The van der Waals surface area contributed by atoms with E-state index in [0.717, 1.165) is 19.3 Å². The highest BCUT2D eigenvalue weighted by Gasteiger charge is 2.34. The molecule has 0 aromatic rings. The van der Waals surface area contributed by atoms with Crippen LogP contribution in [0.5, 0.6) is 0 Å². The third-order valence-corrected chi connectivity index (χ3v) is 3.76. The van der Waals surface area contributed by atoms with Crippen LogP contribution in [-0.4, -0.2) is 36.3 Å². The van der Waals surface area contributed by atoms with E-state index in [1.165, 1.54) is 0 Å². The molecule has 0 aromatic heterocycles. The molecular weight excluding hydrogens is 252 g/mol. The number of amides is 2. The molecule has 0 radical (unpaired) electrons. The van der Waals surface area contributed by atoms with Gasteiger partial charge in [0.25, 0.3) is 0 Å². The van der Waals surface area contributed by atoms with Gasteiger partial charge in [-0.3, -0.25) is 9.59 Å². The van der Waals surface area contributed by atoms with E-state index in [1.807, 2.05) is 11.9 Å². The maximum Gasteiger partial charge on any atom is 0.223 e. The molecule has 20 heavy (non-hydrogen) atoms. The van der Waals surface area contributed by atoms with Gasteiger partial charge in [-0.25, -0.2) is 0 Å². The van der Waals surface area contributed by atoms with Gasteiger partial charge in [0.05, 0.1) is 6.54 Å². The summed E-state index contributed by atoms with van der Waals surface area (Å²) >= 11 is 0. The Balaban J connectivity index is 2.49. The molecule has 0 aromatic carbocycles. The Hall–Kier alpha value is -1.50. The number of carbonyl (C=O) groups is 2. The van der Waals surface area contributed by atoms with Gasteiger partial charge in [0, 0.05) is 25.4 Å². The van der Waals surface area contributed by atoms with Gasteiger partial charge in [-0.05, 0) is 24.7 Å². The van der Waals surface area contributed by atoms with Crippen molar-refractivity contribution in [3.63, 3.8) is 0 Å². The Labute approximate surface area is 122 Å². The van der Waals surface area contributed by atoms with E-state index in [2.05, 4.69) is 32.0 Å². The molecule has 1 N–H and O–H groups in total. The molecule has 1 aliphatic rings. The highest BCUT2D eigenvalue weighted by Crippen LogP contribution is 2.30. The van der Waals surface area contributed by atoms with Crippen molar-refractivity contribution < 1.29 is 9.59 Å². The molecule has 0 bridgehead atoms. The molecule has 1 aliphatic carbocycles.